The fraction of sp³-hybridized carbons (Fsp3) is 0.800. The van der Waals surface area contributed by atoms with Gasteiger partial charge < -0.3 is 25.2 Å². The van der Waals surface area contributed by atoms with Gasteiger partial charge >= 0.3 is 5.97 Å². The normalized spacial score (nSPS) is 19.2. The van der Waals surface area contributed by atoms with Crippen LogP contribution in [0.4, 0.5) is 0 Å². The molecule has 0 aromatic carbocycles. The quantitative estimate of drug-likeness (QED) is 0.251. The van der Waals surface area contributed by atoms with Crippen LogP contribution in [0, 0.1) is 0 Å². The number of aliphatic hydroxyl groups is 4. The fourth-order valence-corrected chi connectivity index (χ4v) is 3.17. The average molecular weight is 386 g/mol. The Hall–Kier alpha value is -1.60. The molecule has 0 spiro atoms. The molecule has 1 unspecified atom stereocenters. The van der Waals surface area contributed by atoms with Crippen LogP contribution in [0.2, 0.25) is 0 Å². The van der Waals surface area contributed by atoms with Gasteiger partial charge in [-0.3, -0.25) is 4.79 Å². The second-order valence-electron chi connectivity index (χ2n) is 7.25. The highest BCUT2D eigenvalue weighted by Crippen LogP contribution is 2.23. The van der Waals surface area contributed by atoms with Crippen molar-refractivity contribution in [3.8, 4) is 0 Å². The van der Waals surface area contributed by atoms with E-state index < -0.39 is 41.6 Å². The molecule has 4 N–H and O–H groups in total. The topological polar surface area (TPSA) is 124 Å². The van der Waals surface area contributed by atoms with Crippen molar-refractivity contribution in [2.24, 2.45) is 0 Å². The molecule has 1 rings (SSSR count). The maximum absolute atomic E-state index is 12.0. The van der Waals surface area contributed by atoms with E-state index in [-0.39, 0.29) is 6.42 Å². The van der Waals surface area contributed by atoms with E-state index in [1.54, 1.807) is 0 Å². The summed E-state index contributed by atoms with van der Waals surface area (Å²) in [4.78, 5) is 23.1. The third-order valence-electron chi connectivity index (χ3n) is 4.93. The van der Waals surface area contributed by atoms with E-state index in [0.717, 1.165) is 19.3 Å². The Morgan fingerprint density at radius 3 is 1.85 bits per heavy atom. The van der Waals surface area contributed by atoms with Crippen molar-refractivity contribution in [2.75, 3.05) is 0 Å². The largest absolute Gasteiger partial charge is 0.505 e. The molecule has 0 fully saturated rings. The van der Waals surface area contributed by atoms with Gasteiger partial charge in [0.1, 0.15) is 12.2 Å². The predicted octanol–water partition coefficient (Wildman–Crippen LogP) is 3.23. The zero-order chi connectivity index (χ0) is 20.2. The summed E-state index contributed by atoms with van der Waals surface area (Å²) < 4.78 is 4.56. The predicted molar refractivity (Wildman–Crippen MR) is 100 cm³/mol. The van der Waals surface area contributed by atoms with Crippen LogP contribution in [0.3, 0.4) is 0 Å². The monoisotopic (exact) mass is 386 g/mol. The Balaban J connectivity index is 2.12. The minimum absolute atomic E-state index is 0.104. The number of Topliss-reactive ketones (excluding diaryl/α,β-unsaturated/α-hetero) is 1. The molecule has 1 aliphatic rings. The summed E-state index contributed by atoms with van der Waals surface area (Å²) in [6, 6.07) is 0. The molecule has 0 amide bonds. The molecule has 0 bridgehead atoms. The minimum Gasteiger partial charge on any atom is -0.505 e. The standard InChI is InChI=1S/C20H34O7/c1-2-3-4-5-6-7-8-9-10-11-12-13-14(21)15(22)16(23)19-17(24)18(25)20(26)27-19/h15-16,19,22-25H,2-13H2,1H3/t15?,16-,19+/m0/s1. The van der Waals surface area contributed by atoms with Gasteiger partial charge in [0.05, 0.1) is 0 Å². The summed E-state index contributed by atoms with van der Waals surface area (Å²) in [6.07, 6.45) is 7.46. The third kappa shape index (κ3) is 7.89. The van der Waals surface area contributed by atoms with Gasteiger partial charge in [-0.2, -0.15) is 0 Å². The summed E-state index contributed by atoms with van der Waals surface area (Å²) >= 11 is 0. The van der Waals surface area contributed by atoms with Crippen LogP contribution < -0.4 is 0 Å². The molecule has 1 aliphatic heterocycles. The molecule has 3 atom stereocenters. The van der Waals surface area contributed by atoms with Crippen LogP contribution in [-0.2, 0) is 14.3 Å². The number of ether oxygens (including phenoxy) is 1. The molecular weight excluding hydrogens is 352 g/mol. The molecule has 0 aliphatic carbocycles. The molecule has 0 aromatic heterocycles. The lowest BCUT2D eigenvalue weighted by atomic mass is 9.98. The van der Waals surface area contributed by atoms with Gasteiger partial charge in [0, 0.05) is 6.42 Å². The molecule has 7 nitrogen and oxygen atoms in total. The first-order valence-electron chi connectivity index (χ1n) is 10.1. The van der Waals surface area contributed by atoms with Gasteiger partial charge in [-0.15, -0.1) is 0 Å². The van der Waals surface area contributed by atoms with Crippen molar-refractivity contribution in [3.05, 3.63) is 11.5 Å². The van der Waals surface area contributed by atoms with E-state index in [1.165, 1.54) is 44.9 Å². The van der Waals surface area contributed by atoms with Gasteiger partial charge in [0.15, 0.2) is 17.6 Å². The van der Waals surface area contributed by atoms with Crippen LogP contribution in [0.5, 0.6) is 0 Å². The summed E-state index contributed by atoms with van der Waals surface area (Å²) in [5.41, 5.74) is 0. The van der Waals surface area contributed by atoms with E-state index >= 15 is 0 Å². The van der Waals surface area contributed by atoms with Gasteiger partial charge in [-0.1, -0.05) is 71.1 Å². The van der Waals surface area contributed by atoms with Gasteiger partial charge in [0.2, 0.25) is 5.76 Å². The molecular formula is C20H34O7. The third-order valence-corrected chi connectivity index (χ3v) is 4.93. The zero-order valence-corrected chi connectivity index (χ0v) is 16.2. The molecule has 27 heavy (non-hydrogen) atoms. The van der Waals surface area contributed by atoms with Crippen molar-refractivity contribution in [3.63, 3.8) is 0 Å². The maximum Gasteiger partial charge on any atom is 0.377 e. The first-order valence-corrected chi connectivity index (χ1v) is 10.1. The highest BCUT2D eigenvalue weighted by molar-refractivity contribution is 5.89. The Labute approximate surface area is 161 Å². The number of hydrogen-bond donors (Lipinski definition) is 4. The number of esters is 1. The molecule has 0 saturated heterocycles. The number of unbranched alkanes of at least 4 members (excludes halogenated alkanes) is 10. The lowest BCUT2D eigenvalue weighted by molar-refractivity contribution is -0.154. The lowest BCUT2D eigenvalue weighted by Crippen LogP contribution is -2.43. The SMILES string of the molecule is CCCCCCCCCCCCCC(=O)C(O)[C@H](O)[C@H]1OC(=O)C(O)=C1O. The van der Waals surface area contributed by atoms with Crippen molar-refractivity contribution in [2.45, 2.75) is 102 Å². The number of ketones is 1. The fourth-order valence-electron chi connectivity index (χ4n) is 3.17. The highest BCUT2D eigenvalue weighted by atomic mass is 16.6. The van der Waals surface area contributed by atoms with Crippen molar-refractivity contribution in [1.29, 1.82) is 0 Å². The van der Waals surface area contributed by atoms with Gasteiger partial charge in [0.25, 0.3) is 0 Å². The van der Waals surface area contributed by atoms with Crippen molar-refractivity contribution in [1.82, 2.24) is 0 Å². The number of carbonyl (C=O) groups is 2. The number of cyclic esters (lactones) is 1. The summed E-state index contributed by atoms with van der Waals surface area (Å²) in [5, 5.41) is 38.5. The average Bonchev–Trinajstić information content (AvgIpc) is 2.92. The first-order chi connectivity index (χ1) is 12.9. The maximum atomic E-state index is 12.0. The molecule has 0 radical (unpaired) electrons. The van der Waals surface area contributed by atoms with Crippen LogP contribution in [0.25, 0.3) is 0 Å². The van der Waals surface area contributed by atoms with Gasteiger partial charge in [-0.25, -0.2) is 4.79 Å². The van der Waals surface area contributed by atoms with E-state index in [1.807, 2.05) is 0 Å². The number of hydrogen-bond acceptors (Lipinski definition) is 7. The summed E-state index contributed by atoms with van der Waals surface area (Å²) in [5.74, 6) is -3.65. The van der Waals surface area contributed by atoms with E-state index in [0.29, 0.717) is 6.42 Å². The van der Waals surface area contributed by atoms with Crippen LogP contribution in [0.1, 0.15) is 84.0 Å². The highest BCUT2D eigenvalue weighted by Gasteiger charge is 2.43. The molecule has 156 valence electrons. The smallest absolute Gasteiger partial charge is 0.377 e. The van der Waals surface area contributed by atoms with Gasteiger partial charge in [-0.05, 0) is 6.42 Å². The van der Waals surface area contributed by atoms with Crippen molar-refractivity contribution < 1.29 is 34.8 Å². The Morgan fingerprint density at radius 1 is 0.926 bits per heavy atom. The van der Waals surface area contributed by atoms with Crippen molar-refractivity contribution >= 4 is 11.8 Å². The lowest BCUT2D eigenvalue weighted by Gasteiger charge is -2.21. The van der Waals surface area contributed by atoms with E-state index in [9.17, 15) is 30.0 Å². The second kappa shape index (κ2) is 12.7. The Kier molecular flexibility index (Phi) is 11.0. The molecule has 0 saturated carbocycles. The zero-order valence-electron chi connectivity index (χ0n) is 16.2. The van der Waals surface area contributed by atoms with Crippen LogP contribution in [0.15, 0.2) is 11.5 Å². The molecule has 7 heteroatoms. The first kappa shape index (κ1) is 23.4. The minimum atomic E-state index is -1.81. The van der Waals surface area contributed by atoms with E-state index in [2.05, 4.69) is 11.7 Å². The summed E-state index contributed by atoms with van der Waals surface area (Å²) in [7, 11) is 0. The van der Waals surface area contributed by atoms with E-state index in [4.69, 9.17) is 0 Å². The summed E-state index contributed by atoms with van der Waals surface area (Å²) in [6.45, 7) is 2.21. The number of rotatable bonds is 15. The second-order valence-corrected chi connectivity index (χ2v) is 7.25. The molecule has 1 heterocycles. The van der Waals surface area contributed by atoms with Crippen LogP contribution in [-0.4, -0.2) is 50.5 Å². The Bertz CT molecular complexity index is 501. The number of aliphatic hydroxyl groups excluding tert-OH is 4. The number of carbonyl (C=O) groups excluding carboxylic acids is 2. The Morgan fingerprint density at radius 2 is 1.41 bits per heavy atom. The van der Waals surface area contributed by atoms with Crippen LogP contribution >= 0.6 is 0 Å². The molecule has 0 aromatic rings.